The second kappa shape index (κ2) is 6.39. The quantitative estimate of drug-likeness (QED) is 0.820. The minimum absolute atomic E-state index is 0.138. The Morgan fingerprint density at radius 3 is 2.48 bits per heavy atom. The van der Waals surface area contributed by atoms with E-state index in [4.69, 9.17) is 0 Å². The summed E-state index contributed by atoms with van der Waals surface area (Å²) in [6, 6.07) is 3.06. The Morgan fingerprint density at radius 1 is 1.29 bits per heavy atom. The third-order valence-electron chi connectivity index (χ3n) is 3.55. The van der Waals surface area contributed by atoms with Crippen LogP contribution in [0.15, 0.2) is 29.4 Å². The van der Waals surface area contributed by atoms with E-state index in [1.165, 1.54) is 29.0 Å². The van der Waals surface area contributed by atoms with Crippen LogP contribution in [0.25, 0.3) is 0 Å². The van der Waals surface area contributed by atoms with Crippen LogP contribution in [0.3, 0.4) is 0 Å². The maximum Gasteiger partial charge on any atom is 0.242 e. The van der Waals surface area contributed by atoms with Crippen molar-refractivity contribution in [2.75, 3.05) is 25.9 Å². The number of pyridine rings is 1. The smallest absolute Gasteiger partial charge is 0.242 e. The third kappa shape index (κ3) is 4.47. The molecule has 1 saturated heterocycles. The molecule has 118 valence electrons. The third-order valence-corrected chi connectivity index (χ3v) is 6.26. The lowest BCUT2D eigenvalue weighted by atomic mass is 9.99. The highest BCUT2D eigenvalue weighted by Gasteiger charge is 2.26. The molecule has 1 fully saturated rings. The van der Waals surface area contributed by atoms with Crippen LogP contribution in [0, 0.1) is 5.92 Å². The fraction of sp³-hybridized carbons (Fsp3) is 0.583. The molecule has 0 aliphatic carbocycles. The molecule has 2 heterocycles. The normalized spacial score (nSPS) is 18.7. The Morgan fingerprint density at radius 2 is 1.95 bits per heavy atom. The van der Waals surface area contributed by atoms with Crippen LogP contribution >= 0.6 is 0 Å². The lowest BCUT2D eigenvalue weighted by molar-refractivity contribution is 0.275. The van der Waals surface area contributed by atoms with Gasteiger partial charge in [0.2, 0.25) is 20.0 Å². The second-order valence-corrected chi connectivity index (χ2v) is 8.90. The monoisotopic (exact) mass is 333 g/mol. The van der Waals surface area contributed by atoms with E-state index in [1.807, 2.05) is 0 Å². The molecule has 21 heavy (non-hydrogen) atoms. The molecule has 7 nitrogen and oxygen atoms in total. The maximum absolute atomic E-state index is 12.0. The number of nitrogens with one attached hydrogen (secondary N) is 1. The summed E-state index contributed by atoms with van der Waals surface area (Å²) in [6.07, 6.45) is 5.32. The molecule has 9 heteroatoms. The van der Waals surface area contributed by atoms with E-state index in [0.29, 0.717) is 32.5 Å². The van der Waals surface area contributed by atoms with Gasteiger partial charge >= 0.3 is 0 Å². The van der Waals surface area contributed by atoms with E-state index < -0.39 is 20.0 Å². The minimum atomic E-state index is -3.55. The Hall–Kier alpha value is -1.03. The molecule has 1 N–H and O–H groups in total. The van der Waals surface area contributed by atoms with Gasteiger partial charge in [0.15, 0.2) is 0 Å². The molecule has 0 amide bonds. The van der Waals surface area contributed by atoms with Crippen molar-refractivity contribution in [3.05, 3.63) is 24.5 Å². The first kappa shape index (κ1) is 16.3. The Labute approximate surface area is 125 Å². The summed E-state index contributed by atoms with van der Waals surface area (Å²) >= 11 is 0. The zero-order valence-corrected chi connectivity index (χ0v) is 13.4. The van der Waals surface area contributed by atoms with Gasteiger partial charge in [-0.1, -0.05) is 0 Å². The maximum atomic E-state index is 12.0. The number of piperidine rings is 1. The summed E-state index contributed by atoms with van der Waals surface area (Å²) < 4.78 is 50.9. The van der Waals surface area contributed by atoms with Crippen LogP contribution in [0.5, 0.6) is 0 Å². The number of nitrogens with zero attached hydrogens (tertiary/aromatic N) is 2. The van der Waals surface area contributed by atoms with Gasteiger partial charge in [-0.05, 0) is 30.9 Å². The van der Waals surface area contributed by atoms with E-state index in [2.05, 4.69) is 9.71 Å². The molecule has 1 aromatic heterocycles. The molecule has 0 spiro atoms. The predicted octanol–water partition coefficient (Wildman–Crippen LogP) is 0.0315. The highest BCUT2D eigenvalue weighted by molar-refractivity contribution is 7.89. The topological polar surface area (TPSA) is 96.4 Å². The summed E-state index contributed by atoms with van der Waals surface area (Å²) in [5.41, 5.74) is 0. The highest BCUT2D eigenvalue weighted by atomic mass is 32.2. The van der Waals surface area contributed by atoms with Crippen molar-refractivity contribution in [2.24, 2.45) is 5.92 Å². The number of aromatic nitrogens is 1. The van der Waals surface area contributed by atoms with Crippen molar-refractivity contribution < 1.29 is 16.8 Å². The van der Waals surface area contributed by atoms with Crippen molar-refractivity contribution in [3.63, 3.8) is 0 Å². The van der Waals surface area contributed by atoms with Crippen LogP contribution in [-0.2, 0) is 20.0 Å². The molecule has 1 aromatic rings. The molecule has 0 saturated carbocycles. The second-order valence-electron chi connectivity index (χ2n) is 5.15. The number of hydrogen-bond donors (Lipinski definition) is 1. The van der Waals surface area contributed by atoms with Crippen LogP contribution in [0.4, 0.5) is 0 Å². The highest BCUT2D eigenvalue weighted by Crippen LogP contribution is 2.19. The van der Waals surface area contributed by atoms with Gasteiger partial charge in [-0.3, -0.25) is 4.98 Å². The van der Waals surface area contributed by atoms with E-state index in [0.717, 1.165) is 0 Å². The van der Waals surface area contributed by atoms with Crippen LogP contribution in [0.2, 0.25) is 0 Å². The largest absolute Gasteiger partial charge is 0.263 e. The van der Waals surface area contributed by atoms with Gasteiger partial charge in [0.05, 0.1) is 6.26 Å². The molecule has 0 bridgehead atoms. The van der Waals surface area contributed by atoms with Crippen LogP contribution < -0.4 is 4.72 Å². The summed E-state index contributed by atoms with van der Waals surface area (Å²) in [7, 11) is -6.70. The zero-order valence-electron chi connectivity index (χ0n) is 11.8. The first-order valence-electron chi connectivity index (χ1n) is 6.64. The van der Waals surface area contributed by atoms with Gasteiger partial charge in [0.25, 0.3) is 0 Å². The standard InChI is InChI=1S/C12H19N3O4S2/c1-20(16,17)15-7-4-11(5-8-15)9-14-21(18,19)12-3-2-6-13-10-12/h2-3,6,10-11,14H,4-5,7-9H2,1H3. The van der Waals surface area contributed by atoms with Gasteiger partial charge in [-0.25, -0.2) is 25.9 Å². The Balaban J connectivity index is 1.88. The summed E-state index contributed by atoms with van der Waals surface area (Å²) in [4.78, 5) is 3.93. The molecule has 0 unspecified atom stereocenters. The van der Waals surface area contributed by atoms with Gasteiger partial charge in [0, 0.05) is 32.0 Å². The fourth-order valence-corrected chi connectivity index (χ4v) is 4.22. The number of rotatable bonds is 5. The molecular weight excluding hydrogens is 314 g/mol. The van der Waals surface area contributed by atoms with Gasteiger partial charge in [-0.15, -0.1) is 0 Å². The average molecular weight is 333 g/mol. The van der Waals surface area contributed by atoms with Crippen LogP contribution in [-0.4, -0.2) is 52.0 Å². The molecule has 1 aliphatic heterocycles. The molecule has 1 aliphatic rings. The summed E-state index contributed by atoms with van der Waals surface area (Å²) in [6.45, 7) is 1.20. The molecule has 2 rings (SSSR count). The fourth-order valence-electron chi connectivity index (χ4n) is 2.26. The van der Waals surface area contributed by atoms with E-state index >= 15 is 0 Å². The Kier molecular flexibility index (Phi) is 4.97. The first-order chi connectivity index (χ1) is 9.79. The lowest BCUT2D eigenvalue weighted by Crippen LogP contribution is -2.41. The molecule has 0 atom stereocenters. The van der Waals surface area contributed by atoms with E-state index in [1.54, 1.807) is 6.07 Å². The molecule has 0 aromatic carbocycles. The van der Waals surface area contributed by atoms with Crippen molar-refractivity contribution in [2.45, 2.75) is 17.7 Å². The zero-order chi connectivity index (χ0) is 15.5. The number of hydrogen-bond acceptors (Lipinski definition) is 5. The predicted molar refractivity (Wildman–Crippen MR) is 78.6 cm³/mol. The Bertz CT molecular complexity index is 666. The van der Waals surface area contributed by atoms with Crippen molar-refractivity contribution >= 4 is 20.0 Å². The average Bonchev–Trinajstić information content (AvgIpc) is 2.46. The molecule has 0 radical (unpaired) electrons. The summed E-state index contributed by atoms with van der Waals surface area (Å²) in [5.74, 6) is 0.148. The van der Waals surface area contributed by atoms with E-state index in [-0.39, 0.29) is 10.8 Å². The van der Waals surface area contributed by atoms with Crippen molar-refractivity contribution in [1.29, 1.82) is 0 Å². The minimum Gasteiger partial charge on any atom is -0.263 e. The lowest BCUT2D eigenvalue weighted by Gasteiger charge is -2.30. The van der Waals surface area contributed by atoms with Crippen molar-refractivity contribution in [3.8, 4) is 0 Å². The van der Waals surface area contributed by atoms with E-state index in [9.17, 15) is 16.8 Å². The van der Waals surface area contributed by atoms with Gasteiger partial charge < -0.3 is 0 Å². The van der Waals surface area contributed by atoms with Crippen molar-refractivity contribution in [1.82, 2.24) is 14.0 Å². The van der Waals surface area contributed by atoms with Crippen LogP contribution in [0.1, 0.15) is 12.8 Å². The van der Waals surface area contributed by atoms with Gasteiger partial charge in [0.1, 0.15) is 4.90 Å². The summed E-state index contributed by atoms with van der Waals surface area (Å²) in [5, 5.41) is 0. The first-order valence-corrected chi connectivity index (χ1v) is 9.97. The molecular formula is C12H19N3O4S2. The SMILES string of the molecule is CS(=O)(=O)N1CCC(CNS(=O)(=O)c2cccnc2)CC1. The van der Waals surface area contributed by atoms with Gasteiger partial charge in [-0.2, -0.15) is 0 Å². The number of sulfonamides is 2.